The third-order valence-electron chi connectivity index (χ3n) is 6.21. The van der Waals surface area contributed by atoms with Crippen LogP contribution in [0.1, 0.15) is 69.4 Å². The molecular formula is C26H42FN3O5. The first-order chi connectivity index (χ1) is 16.5. The summed E-state index contributed by atoms with van der Waals surface area (Å²) in [6.07, 6.45) is 2.59. The molecule has 1 heterocycles. The summed E-state index contributed by atoms with van der Waals surface area (Å²) in [4.78, 5) is 26.4. The van der Waals surface area contributed by atoms with Crippen LogP contribution in [0.5, 0.6) is 0 Å². The summed E-state index contributed by atoms with van der Waals surface area (Å²) in [6.45, 7) is 13.0. The number of rotatable bonds is 12. The predicted octanol–water partition coefficient (Wildman–Crippen LogP) is 4.35. The Kier molecular flexibility index (Phi) is 11.8. The molecule has 8 nitrogen and oxygen atoms in total. The fourth-order valence-corrected chi connectivity index (χ4v) is 4.27. The third kappa shape index (κ3) is 6.80. The zero-order valence-corrected chi connectivity index (χ0v) is 22.4. The molecule has 1 aromatic heterocycles. The summed E-state index contributed by atoms with van der Waals surface area (Å²) < 4.78 is 27.8. The average molecular weight is 496 g/mol. The molecule has 1 aromatic carbocycles. The minimum Gasteiger partial charge on any atom is -0.477 e. The largest absolute Gasteiger partial charge is 0.477 e. The molecule has 0 aliphatic carbocycles. The number of fused-ring (bicyclic) bond motifs is 1. The molecule has 2 rings (SSSR count). The molecule has 0 fully saturated rings. The number of carbonyl (C=O) groups is 1. The molecule has 3 N–H and O–H groups in total. The van der Waals surface area contributed by atoms with Crippen molar-refractivity contribution in [3.8, 4) is 0 Å². The second kappa shape index (κ2) is 13.6. The summed E-state index contributed by atoms with van der Waals surface area (Å²) in [5.74, 6) is -1.93. The molecule has 9 heteroatoms. The van der Waals surface area contributed by atoms with Crippen LogP contribution >= 0.6 is 0 Å². The van der Waals surface area contributed by atoms with Crippen LogP contribution in [-0.2, 0) is 9.47 Å². The van der Waals surface area contributed by atoms with Crippen molar-refractivity contribution in [3.63, 3.8) is 0 Å². The maximum Gasteiger partial charge on any atom is 0.341 e. The number of aryl methyl sites for hydroxylation is 1. The molecular weight excluding hydrogens is 453 g/mol. The van der Waals surface area contributed by atoms with Gasteiger partial charge in [0.05, 0.1) is 23.3 Å². The molecule has 2 aromatic rings. The summed E-state index contributed by atoms with van der Waals surface area (Å²) in [7, 11) is 3.16. The first kappa shape index (κ1) is 30.5. The SMILES string of the molecule is CC.CCC(C)n1cc(C(=O)O)c(=O)c2cc(F)c(N(CC)C[C@](N)(CCOC)COC)c(C)c21. The van der Waals surface area contributed by atoms with Crippen molar-refractivity contribution in [1.29, 1.82) is 0 Å². The van der Waals surface area contributed by atoms with Gasteiger partial charge in [-0.25, -0.2) is 9.18 Å². The van der Waals surface area contributed by atoms with Crippen LogP contribution in [0.15, 0.2) is 17.1 Å². The molecule has 1 unspecified atom stereocenters. The van der Waals surface area contributed by atoms with E-state index in [9.17, 15) is 14.7 Å². The standard InChI is InChI=1S/C24H36FN3O5.C2H6/c1-7-15(3)28-12-18(23(30)31)22(29)17-11-19(25)21(16(4)20(17)28)27(8-2)13-24(26,14-33-6)9-10-32-5;1-2/h11-12,15H,7-10,13-14,26H2,1-6H3,(H,30,31);1-2H3/t15?,24-;/m1./s1. The Morgan fingerprint density at radius 2 is 1.91 bits per heavy atom. The number of anilines is 1. The van der Waals surface area contributed by atoms with E-state index in [1.54, 1.807) is 25.7 Å². The number of hydrogen-bond acceptors (Lipinski definition) is 6. The quantitative estimate of drug-likeness (QED) is 0.451. The van der Waals surface area contributed by atoms with Gasteiger partial charge in [0, 0.05) is 51.5 Å². The first-order valence-corrected chi connectivity index (χ1v) is 12.2. The zero-order valence-electron chi connectivity index (χ0n) is 22.4. The predicted molar refractivity (Wildman–Crippen MR) is 139 cm³/mol. The topological polar surface area (TPSA) is 107 Å². The number of carboxylic acid groups (broad SMARTS) is 1. The molecule has 0 aliphatic heterocycles. The lowest BCUT2D eigenvalue weighted by atomic mass is 9.95. The van der Waals surface area contributed by atoms with E-state index in [4.69, 9.17) is 15.2 Å². The molecule has 0 aliphatic rings. The fourth-order valence-electron chi connectivity index (χ4n) is 4.27. The number of likely N-dealkylation sites (N-methyl/N-ethyl adjacent to an activating group) is 1. The van der Waals surface area contributed by atoms with Crippen molar-refractivity contribution < 1.29 is 23.8 Å². The van der Waals surface area contributed by atoms with E-state index in [-0.39, 0.29) is 23.6 Å². The molecule has 0 saturated carbocycles. The van der Waals surface area contributed by atoms with Gasteiger partial charge < -0.3 is 29.8 Å². The zero-order chi connectivity index (χ0) is 26.9. The minimum atomic E-state index is -1.33. The maximum absolute atomic E-state index is 15.5. The Balaban J connectivity index is 0.00000298. The number of aromatic nitrogens is 1. The monoisotopic (exact) mass is 495 g/mol. The Labute approximate surface area is 207 Å². The van der Waals surface area contributed by atoms with Crippen LogP contribution < -0.4 is 16.1 Å². The molecule has 0 radical (unpaired) electrons. The van der Waals surface area contributed by atoms with Crippen molar-refractivity contribution in [3.05, 3.63) is 39.4 Å². The number of carboxylic acids is 1. The number of aromatic carboxylic acids is 1. The van der Waals surface area contributed by atoms with Crippen molar-refractivity contribution in [2.75, 3.05) is 45.4 Å². The third-order valence-corrected chi connectivity index (χ3v) is 6.21. The highest BCUT2D eigenvalue weighted by Crippen LogP contribution is 2.33. The van der Waals surface area contributed by atoms with Gasteiger partial charge in [0.2, 0.25) is 5.43 Å². The number of nitrogens with two attached hydrogens (primary N) is 1. The van der Waals surface area contributed by atoms with E-state index in [0.717, 1.165) is 6.07 Å². The van der Waals surface area contributed by atoms with Gasteiger partial charge in [0.1, 0.15) is 11.4 Å². The number of ether oxygens (including phenoxy) is 2. The molecule has 0 saturated heterocycles. The lowest BCUT2D eigenvalue weighted by molar-refractivity contribution is 0.0694. The van der Waals surface area contributed by atoms with E-state index >= 15 is 4.39 Å². The second-order valence-corrected chi connectivity index (χ2v) is 8.62. The van der Waals surface area contributed by atoms with Crippen LogP contribution in [0.4, 0.5) is 10.1 Å². The Bertz CT molecular complexity index is 1060. The summed E-state index contributed by atoms with van der Waals surface area (Å²) in [5, 5.41) is 9.58. The van der Waals surface area contributed by atoms with Crippen LogP contribution in [0, 0.1) is 12.7 Å². The van der Waals surface area contributed by atoms with Crippen molar-refractivity contribution >= 4 is 22.6 Å². The van der Waals surface area contributed by atoms with Gasteiger partial charge in [-0.2, -0.15) is 0 Å². The Morgan fingerprint density at radius 3 is 2.40 bits per heavy atom. The van der Waals surface area contributed by atoms with Gasteiger partial charge in [-0.3, -0.25) is 4.79 Å². The number of benzene rings is 1. The fraction of sp³-hybridized carbons (Fsp3) is 0.615. The highest BCUT2D eigenvalue weighted by Gasteiger charge is 2.30. The lowest BCUT2D eigenvalue weighted by Crippen LogP contribution is -2.54. The Morgan fingerprint density at radius 1 is 1.29 bits per heavy atom. The average Bonchev–Trinajstić information content (AvgIpc) is 2.83. The molecule has 0 amide bonds. The van der Waals surface area contributed by atoms with Crippen LogP contribution in [0.25, 0.3) is 10.9 Å². The van der Waals surface area contributed by atoms with E-state index in [1.807, 2.05) is 39.5 Å². The second-order valence-electron chi connectivity index (χ2n) is 8.62. The number of methoxy groups -OCH3 is 2. The summed E-state index contributed by atoms with van der Waals surface area (Å²) in [5.41, 5.74) is 6.19. The number of pyridine rings is 1. The molecule has 0 bridgehead atoms. The molecule has 2 atom stereocenters. The van der Waals surface area contributed by atoms with E-state index < -0.39 is 22.8 Å². The molecule has 198 valence electrons. The van der Waals surface area contributed by atoms with Gasteiger partial charge in [-0.1, -0.05) is 20.8 Å². The van der Waals surface area contributed by atoms with Crippen LogP contribution in [-0.4, -0.2) is 61.7 Å². The van der Waals surface area contributed by atoms with Crippen molar-refractivity contribution in [2.24, 2.45) is 5.73 Å². The Hall–Kier alpha value is -2.49. The van der Waals surface area contributed by atoms with E-state index in [2.05, 4.69) is 0 Å². The normalized spacial score (nSPS) is 13.7. The van der Waals surface area contributed by atoms with E-state index in [0.29, 0.717) is 49.3 Å². The van der Waals surface area contributed by atoms with Gasteiger partial charge >= 0.3 is 5.97 Å². The number of nitrogens with zero attached hydrogens (tertiary/aromatic N) is 2. The maximum atomic E-state index is 15.5. The lowest BCUT2D eigenvalue weighted by Gasteiger charge is -2.37. The number of halogens is 1. The summed E-state index contributed by atoms with van der Waals surface area (Å²) >= 11 is 0. The van der Waals surface area contributed by atoms with Gasteiger partial charge in [0.25, 0.3) is 0 Å². The molecule has 35 heavy (non-hydrogen) atoms. The summed E-state index contributed by atoms with van der Waals surface area (Å²) in [6, 6.07) is 1.06. The van der Waals surface area contributed by atoms with Crippen LogP contribution in [0.2, 0.25) is 0 Å². The minimum absolute atomic E-state index is 0.0558. The molecule has 0 spiro atoms. The first-order valence-electron chi connectivity index (χ1n) is 12.2. The van der Waals surface area contributed by atoms with Gasteiger partial charge in [0.15, 0.2) is 0 Å². The smallest absolute Gasteiger partial charge is 0.341 e. The van der Waals surface area contributed by atoms with E-state index in [1.165, 1.54) is 6.20 Å². The van der Waals surface area contributed by atoms with Gasteiger partial charge in [-0.15, -0.1) is 0 Å². The van der Waals surface area contributed by atoms with Gasteiger partial charge in [-0.05, 0) is 45.2 Å². The van der Waals surface area contributed by atoms with Crippen molar-refractivity contribution in [1.82, 2.24) is 4.57 Å². The van der Waals surface area contributed by atoms with Crippen LogP contribution in [0.3, 0.4) is 0 Å². The highest BCUT2D eigenvalue weighted by molar-refractivity contribution is 5.95. The highest BCUT2D eigenvalue weighted by atomic mass is 19.1. The van der Waals surface area contributed by atoms with Crippen molar-refractivity contribution in [2.45, 2.75) is 66.0 Å². The number of hydrogen-bond donors (Lipinski definition) is 2.